The second-order valence-corrected chi connectivity index (χ2v) is 19.3. The number of aliphatic hydroxyl groups is 2. The van der Waals surface area contributed by atoms with Crippen molar-refractivity contribution >= 4 is 75.0 Å². The van der Waals surface area contributed by atoms with Gasteiger partial charge in [0, 0.05) is 69.8 Å². The normalized spacial score (nSPS) is 17.0. The molecule has 0 bridgehead atoms. The van der Waals surface area contributed by atoms with Gasteiger partial charge in [-0.2, -0.15) is 0 Å². The van der Waals surface area contributed by atoms with Crippen LogP contribution >= 0.6 is 11.6 Å². The summed E-state index contributed by atoms with van der Waals surface area (Å²) < 4.78 is 3.93. The number of fused-ring (bicyclic) bond motifs is 4. The van der Waals surface area contributed by atoms with E-state index in [1.807, 2.05) is 49.0 Å². The summed E-state index contributed by atoms with van der Waals surface area (Å²) in [6, 6.07) is 7.43. The number of nitrogens with zero attached hydrogens (tertiary/aromatic N) is 8. The number of pyridine rings is 2. The van der Waals surface area contributed by atoms with Gasteiger partial charge in [0.05, 0.1) is 45.0 Å². The largest absolute Gasteiger partial charge is 0.494 e. The van der Waals surface area contributed by atoms with Crippen LogP contribution in [0, 0.1) is 13.8 Å². The van der Waals surface area contributed by atoms with E-state index in [-0.39, 0.29) is 52.5 Å². The van der Waals surface area contributed by atoms with E-state index < -0.39 is 6.10 Å². The number of nitrogens with one attached hydrogen (secondary N) is 3. The lowest BCUT2D eigenvalue weighted by molar-refractivity contribution is 0.179. The highest BCUT2D eigenvalue weighted by Crippen LogP contribution is 2.36. The molecule has 9 N–H and O–H groups in total. The Morgan fingerprint density at radius 1 is 0.732 bits per heavy atom. The van der Waals surface area contributed by atoms with Gasteiger partial charge in [0.1, 0.15) is 11.1 Å². The molecule has 4 aromatic heterocycles. The number of H-pyrrole nitrogens is 2. The molecule has 2 atom stereocenters. The van der Waals surface area contributed by atoms with Crippen LogP contribution in [0.1, 0.15) is 86.7 Å². The minimum atomic E-state index is -0.524. The van der Waals surface area contributed by atoms with Gasteiger partial charge in [-0.05, 0) is 128 Å². The molecule has 19 heteroatoms. The molecule has 2 saturated heterocycles. The Hall–Kier alpha value is -6.41. The fraction of sp³-hybridized carbons (Fsp3) is 0.423. The first kappa shape index (κ1) is 51.0. The van der Waals surface area contributed by atoms with Gasteiger partial charge in [0.15, 0.2) is 23.4 Å². The van der Waals surface area contributed by atoms with Crippen molar-refractivity contribution in [3.05, 3.63) is 106 Å². The Kier molecular flexibility index (Phi) is 15.2. The molecular formula is C52H65ClN12O6. The number of likely N-dealkylation sites (tertiary alicyclic amines) is 2. The number of aromatic hydroxyl groups is 2. The van der Waals surface area contributed by atoms with Crippen molar-refractivity contribution in [3.8, 4) is 11.8 Å². The minimum absolute atomic E-state index is 0.200. The lowest BCUT2D eigenvalue weighted by atomic mass is 10.1. The van der Waals surface area contributed by atoms with E-state index in [9.17, 15) is 24.9 Å². The SMILES string of the molecule is C=c1c2c(C)c3c(cc2c(O)n1C1CCN(C)CC1)N=C(c1c(Cl)cc[nH]c1=O)N=3.C=c1c2c(C)c3c(cc2c(O)n1C1CCN(C)CC1)N=C(c1c(NC[C@@H](O)CC)cc[nH]c1=O)N=3.CC[C@H](O)CN. The van der Waals surface area contributed by atoms with Crippen molar-refractivity contribution in [1.29, 1.82) is 0 Å². The fourth-order valence-corrected chi connectivity index (χ4v) is 10.2. The van der Waals surface area contributed by atoms with Crippen molar-refractivity contribution in [2.75, 3.05) is 58.7 Å². The van der Waals surface area contributed by atoms with Crippen molar-refractivity contribution in [3.63, 3.8) is 0 Å². The third kappa shape index (κ3) is 9.84. The second kappa shape index (κ2) is 21.1. The predicted octanol–water partition coefficient (Wildman–Crippen LogP) is 4.02. The Labute approximate surface area is 415 Å². The molecular weight excluding hydrogens is 924 g/mol. The molecule has 4 aliphatic rings. The number of amidine groups is 2. The smallest absolute Gasteiger partial charge is 0.261 e. The summed E-state index contributed by atoms with van der Waals surface area (Å²) in [4.78, 5) is 53.5. The Bertz CT molecular complexity index is 3430. The van der Waals surface area contributed by atoms with Gasteiger partial charge < -0.3 is 60.4 Å². The predicted molar refractivity (Wildman–Crippen MR) is 282 cm³/mol. The van der Waals surface area contributed by atoms with Crippen molar-refractivity contribution in [1.82, 2.24) is 28.9 Å². The zero-order valence-electron chi connectivity index (χ0n) is 41.3. The highest BCUT2D eigenvalue weighted by Gasteiger charge is 2.29. The van der Waals surface area contributed by atoms with Crippen LogP contribution in [0.4, 0.5) is 17.1 Å². The number of benzene rings is 2. The number of hydrogen-bond donors (Lipinski definition) is 8. The quantitative estimate of drug-likeness (QED) is 0.0980. The van der Waals surface area contributed by atoms with E-state index in [0.717, 1.165) is 90.9 Å². The minimum Gasteiger partial charge on any atom is -0.494 e. The summed E-state index contributed by atoms with van der Waals surface area (Å²) in [5, 5.41) is 50.3. The van der Waals surface area contributed by atoms with Crippen LogP contribution in [-0.2, 0) is 0 Å². The maximum absolute atomic E-state index is 12.8. The van der Waals surface area contributed by atoms with Crippen LogP contribution in [0.5, 0.6) is 11.8 Å². The number of aliphatic imine (C=N–C) groups is 2. The number of anilines is 1. The van der Waals surface area contributed by atoms with E-state index >= 15 is 0 Å². The molecule has 2 aromatic carbocycles. The summed E-state index contributed by atoms with van der Waals surface area (Å²) in [6.45, 7) is 21.0. The molecule has 71 heavy (non-hydrogen) atoms. The first-order chi connectivity index (χ1) is 34.0. The zero-order valence-corrected chi connectivity index (χ0v) is 42.1. The van der Waals surface area contributed by atoms with E-state index in [1.165, 1.54) is 6.20 Å². The molecule has 0 amide bonds. The Morgan fingerprint density at radius 2 is 1.17 bits per heavy atom. The standard InChI is InChI=1S/C26H32N6O3.C22H22ClN5O2.C4H11NO/c1-5-17(33)13-28-19-6-9-27-25(34)22(19)24-29-20-12-18-21(14(2)23(20)30-24)15(3)32(26(18)35)16-7-10-31(4)11-8-16;1-11-17-12(2)28(13-5-8-27(3)9-6-13)22(30)14(17)10-16-19(11)26-20(25-16)18-15(23)4-7-24-21(18)29;1-2-4(6)3-5/h6,9,12,16-17,33,35H,3,5,7-8,10-11,13H2,1-2,4H3,(H2,27,28,34);4,7,10,13,30H,2,5-6,8-9H2,1,3H3,(H,24,29);4,6H,2-3,5H2,1H3/t17-;;4-/m0.0/s1. The average Bonchev–Trinajstić information content (AvgIpc) is 4.10. The third-order valence-corrected chi connectivity index (χ3v) is 14.5. The Balaban J connectivity index is 0.000000172. The molecule has 0 saturated carbocycles. The summed E-state index contributed by atoms with van der Waals surface area (Å²) in [6.07, 6.45) is 7.45. The van der Waals surface area contributed by atoms with E-state index in [4.69, 9.17) is 27.4 Å². The van der Waals surface area contributed by atoms with Crippen molar-refractivity contribution < 1.29 is 20.4 Å². The van der Waals surface area contributed by atoms with Crippen LogP contribution in [0.15, 0.2) is 66.2 Å². The van der Waals surface area contributed by atoms with Crippen LogP contribution in [0.3, 0.4) is 0 Å². The number of aromatic amines is 2. The summed E-state index contributed by atoms with van der Waals surface area (Å²) in [5.74, 6) is 1.01. The first-order valence-corrected chi connectivity index (χ1v) is 24.7. The molecule has 0 aliphatic carbocycles. The van der Waals surface area contributed by atoms with Crippen LogP contribution in [-0.4, -0.2) is 127 Å². The summed E-state index contributed by atoms with van der Waals surface area (Å²) in [5.41, 5.74) is 8.52. The molecule has 4 aliphatic heterocycles. The second-order valence-electron chi connectivity index (χ2n) is 18.9. The van der Waals surface area contributed by atoms with E-state index in [2.05, 4.69) is 67.3 Å². The average molecular weight is 990 g/mol. The molecule has 2 fully saturated rings. The van der Waals surface area contributed by atoms with Crippen molar-refractivity contribution in [2.45, 2.75) is 90.5 Å². The molecule has 376 valence electrons. The number of hydrogen-bond acceptors (Lipinski definition) is 14. The van der Waals surface area contributed by atoms with Gasteiger partial charge in [-0.15, -0.1) is 0 Å². The van der Waals surface area contributed by atoms with Gasteiger partial charge in [0.25, 0.3) is 11.1 Å². The summed E-state index contributed by atoms with van der Waals surface area (Å²) in [7, 11) is 4.23. The number of rotatable bonds is 10. The van der Waals surface area contributed by atoms with Gasteiger partial charge >= 0.3 is 0 Å². The molecule has 8 heterocycles. The first-order valence-electron chi connectivity index (χ1n) is 24.3. The Morgan fingerprint density at radius 3 is 1.59 bits per heavy atom. The van der Waals surface area contributed by atoms with Crippen LogP contribution < -0.4 is 43.6 Å². The monoisotopic (exact) mass is 988 g/mol. The molecule has 0 unspecified atom stereocenters. The van der Waals surface area contributed by atoms with E-state index in [0.29, 0.717) is 74.5 Å². The van der Waals surface area contributed by atoms with Gasteiger partial charge in [-0.3, -0.25) is 9.59 Å². The molecule has 18 nitrogen and oxygen atoms in total. The lowest BCUT2D eigenvalue weighted by Crippen LogP contribution is -2.34. The van der Waals surface area contributed by atoms with Gasteiger partial charge in [-0.1, -0.05) is 38.6 Å². The maximum atomic E-state index is 12.8. The topological polar surface area (TPSA) is 250 Å². The molecule has 0 radical (unpaired) electrons. The van der Waals surface area contributed by atoms with Crippen LogP contribution in [0.25, 0.3) is 34.7 Å². The number of piperidine rings is 2. The number of aliphatic hydroxyl groups excluding tert-OH is 2. The third-order valence-electron chi connectivity index (χ3n) is 14.2. The fourth-order valence-electron chi connectivity index (χ4n) is 9.94. The maximum Gasteiger partial charge on any atom is 0.261 e. The van der Waals surface area contributed by atoms with Gasteiger partial charge in [0.2, 0.25) is 0 Å². The molecule has 10 rings (SSSR count). The number of nitrogens with two attached hydrogens (primary N) is 1. The number of aromatic nitrogens is 4. The van der Waals surface area contributed by atoms with E-state index in [1.54, 1.807) is 18.3 Å². The summed E-state index contributed by atoms with van der Waals surface area (Å²) >= 11 is 6.23. The highest BCUT2D eigenvalue weighted by molar-refractivity contribution is 6.34. The number of aryl methyl sites for hydroxylation is 2. The molecule has 0 spiro atoms. The van der Waals surface area contributed by atoms with Crippen LogP contribution in [0.2, 0.25) is 5.02 Å². The van der Waals surface area contributed by atoms with Gasteiger partial charge in [-0.25, -0.2) is 20.0 Å². The zero-order chi connectivity index (χ0) is 51.0. The molecule has 6 aromatic rings. The lowest BCUT2D eigenvalue weighted by Gasteiger charge is -2.30. The highest BCUT2D eigenvalue weighted by atomic mass is 35.5. The number of halogens is 1. The van der Waals surface area contributed by atoms with Crippen molar-refractivity contribution in [2.24, 2.45) is 25.7 Å².